The minimum atomic E-state index is -5.76. The fourth-order valence-electron chi connectivity index (χ4n) is 2.67. The Balaban J connectivity index is 1.88. The molecule has 1 aliphatic heterocycles. The number of benzene rings is 1. The number of alkyl halides is 6. The van der Waals surface area contributed by atoms with Crippen LogP contribution in [-0.2, 0) is 4.74 Å². The molecule has 5 nitrogen and oxygen atoms in total. The second-order valence-electron chi connectivity index (χ2n) is 6.45. The second kappa shape index (κ2) is 8.27. The van der Waals surface area contributed by atoms with Crippen molar-refractivity contribution in [3.8, 4) is 0 Å². The molecule has 1 saturated heterocycles. The molecule has 0 bridgehead atoms. The number of ether oxygens (including phenoxy) is 1. The third kappa shape index (κ3) is 5.77. The quantitative estimate of drug-likeness (QED) is 0.768. The van der Waals surface area contributed by atoms with Crippen LogP contribution in [0.25, 0.3) is 0 Å². The number of rotatable bonds is 3. The van der Waals surface area contributed by atoms with Crippen LogP contribution >= 0.6 is 0 Å². The van der Waals surface area contributed by atoms with E-state index in [0.29, 0.717) is 5.56 Å². The maximum atomic E-state index is 12.5. The lowest BCUT2D eigenvalue weighted by molar-refractivity contribution is -0.308. The number of nitrogens with zero attached hydrogens (tertiary/aromatic N) is 1. The highest BCUT2D eigenvalue weighted by molar-refractivity contribution is 5.94. The molecular formula is C17H18F6N2O3. The molecule has 11 heteroatoms. The molecule has 0 unspecified atom stereocenters. The Labute approximate surface area is 156 Å². The molecule has 0 radical (unpaired) electrons. The highest BCUT2D eigenvalue weighted by Gasteiger charge is 2.60. The predicted molar refractivity (Wildman–Crippen MR) is 85.6 cm³/mol. The average molecular weight is 412 g/mol. The van der Waals surface area contributed by atoms with Gasteiger partial charge in [-0.2, -0.15) is 26.3 Å². The number of hydrogen-bond acceptors (Lipinski definition) is 3. The number of amides is 2. The summed E-state index contributed by atoms with van der Waals surface area (Å²) in [6.45, 7) is 1.58. The largest absolute Gasteiger partial charge is 0.434 e. The lowest BCUT2D eigenvalue weighted by atomic mass is 10.0. The topological polar surface area (TPSA) is 58.6 Å². The van der Waals surface area contributed by atoms with Crippen LogP contribution in [0, 0.1) is 6.92 Å². The zero-order valence-corrected chi connectivity index (χ0v) is 14.7. The molecule has 1 aromatic carbocycles. The van der Waals surface area contributed by atoms with Gasteiger partial charge < -0.3 is 15.0 Å². The van der Waals surface area contributed by atoms with Gasteiger partial charge in [0.15, 0.2) is 0 Å². The summed E-state index contributed by atoms with van der Waals surface area (Å²) in [5, 5.41) is 2.73. The molecule has 1 N–H and O–H groups in total. The molecule has 1 aromatic rings. The van der Waals surface area contributed by atoms with Gasteiger partial charge in [-0.3, -0.25) is 4.79 Å². The van der Waals surface area contributed by atoms with E-state index in [-0.39, 0.29) is 37.9 Å². The van der Waals surface area contributed by atoms with Crippen molar-refractivity contribution >= 4 is 12.0 Å². The average Bonchev–Trinajstić information content (AvgIpc) is 2.58. The summed E-state index contributed by atoms with van der Waals surface area (Å²) < 4.78 is 78.5. The van der Waals surface area contributed by atoms with E-state index in [2.05, 4.69) is 10.1 Å². The van der Waals surface area contributed by atoms with E-state index >= 15 is 0 Å². The Hall–Kier alpha value is -2.46. The van der Waals surface area contributed by atoms with Gasteiger partial charge in [-0.1, -0.05) is 17.7 Å². The van der Waals surface area contributed by atoms with Gasteiger partial charge in [-0.25, -0.2) is 4.79 Å². The van der Waals surface area contributed by atoms with E-state index in [1.54, 1.807) is 24.3 Å². The summed E-state index contributed by atoms with van der Waals surface area (Å²) in [6, 6.07) is 6.41. The Morgan fingerprint density at radius 2 is 1.54 bits per heavy atom. The standard InChI is InChI=1S/C17H18F6N2O3/c1-10-2-4-11(5-3-10)13(26)24-12-6-8-25(9-7-12)15(27)28-14(16(18,19)20)17(21,22)23/h2-5,12,14H,6-9H2,1H3,(H,24,26). The molecule has 0 atom stereocenters. The maximum Gasteiger partial charge on any atom is 0.434 e. The van der Waals surface area contributed by atoms with Crippen molar-refractivity contribution in [3.05, 3.63) is 35.4 Å². The smallest absolute Gasteiger partial charge is 0.426 e. The highest BCUT2D eigenvalue weighted by Crippen LogP contribution is 2.36. The van der Waals surface area contributed by atoms with Gasteiger partial charge in [0.1, 0.15) is 0 Å². The van der Waals surface area contributed by atoms with Gasteiger partial charge in [0, 0.05) is 24.7 Å². The first-order chi connectivity index (χ1) is 12.9. The number of likely N-dealkylation sites (tertiary alicyclic amines) is 1. The zero-order chi connectivity index (χ0) is 21.1. The number of carbonyl (C=O) groups is 2. The van der Waals surface area contributed by atoms with E-state index in [0.717, 1.165) is 10.5 Å². The van der Waals surface area contributed by atoms with Crippen LogP contribution in [-0.4, -0.2) is 54.5 Å². The Kier molecular flexibility index (Phi) is 6.45. The molecule has 0 spiro atoms. The van der Waals surface area contributed by atoms with Gasteiger partial charge >= 0.3 is 18.4 Å². The third-order valence-corrected chi connectivity index (χ3v) is 4.22. The lowest BCUT2D eigenvalue weighted by Gasteiger charge is -2.33. The van der Waals surface area contributed by atoms with Gasteiger partial charge in [0.05, 0.1) is 0 Å². The molecule has 0 aromatic heterocycles. The monoisotopic (exact) mass is 412 g/mol. The van der Waals surface area contributed by atoms with Gasteiger partial charge in [-0.15, -0.1) is 0 Å². The van der Waals surface area contributed by atoms with Crippen LogP contribution in [0.3, 0.4) is 0 Å². The van der Waals surface area contributed by atoms with Crippen molar-refractivity contribution in [2.24, 2.45) is 0 Å². The summed E-state index contributed by atoms with van der Waals surface area (Å²) in [6.07, 6.45) is -17.0. The first-order valence-electron chi connectivity index (χ1n) is 8.34. The minimum absolute atomic E-state index is 0.139. The summed E-state index contributed by atoms with van der Waals surface area (Å²) >= 11 is 0. The number of aryl methyl sites for hydroxylation is 1. The van der Waals surface area contributed by atoms with Crippen LogP contribution in [0.1, 0.15) is 28.8 Å². The maximum absolute atomic E-state index is 12.5. The van der Waals surface area contributed by atoms with Crippen molar-refractivity contribution < 1.29 is 40.7 Å². The summed E-state index contributed by atoms with van der Waals surface area (Å²) in [4.78, 5) is 24.6. The first-order valence-corrected chi connectivity index (χ1v) is 8.34. The van der Waals surface area contributed by atoms with Crippen molar-refractivity contribution in [2.75, 3.05) is 13.1 Å². The molecule has 0 aliphatic carbocycles. The van der Waals surface area contributed by atoms with Crippen LogP contribution < -0.4 is 5.32 Å². The van der Waals surface area contributed by atoms with E-state index in [1.807, 2.05) is 6.92 Å². The fourth-order valence-corrected chi connectivity index (χ4v) is 2.67. The van der Waals surface area contributed by atoms with Crippen molar-refractivity contribution in [1.29, 1.82) is 0 Å². The Bertz CT molecular complexity index is 680. The summed E-state index contributed by atoms with van der Waals surface area (Å²) in [5.41, 5.74) is 1.39. The minimum Gasteiger partial charge on any atom is -0.426 e. The molecule has 28 heavy (non-hydrogen) atoms. The lowest BCUT2D eigenvalue weighted by Crippen LogP contribution is -2.51. The molecule has 1 aliphatic rings. The van der Waals surface area contributed by atoms with Crippen LogP contribution in [0.2, 0.25) is 0 Å². The van der Waals surface area contributed by atoms with Gasteiger partial charge in [0.2, 0.25) is 0 Å². The predicted octanol–water partition coefficient (Wildman–Crippen LogP) is 3.82. The Morgan fingerprint density at radius 1 is 1.04 bits per heavy atom. The van der Waals surface area contributed by atoms with Crippen molar-refractivity contribution in [3.63, 3.8) is 0 Å². The van der Waals surface area contributed by atoms with E-state index in [1.165, 1.54) is 0 Å². The first kappa shape index (κ1) is 21.8. The third-order valence-electron chi connectivity index (χ3n) is 4.22. The molecule has 2 rings (SSSR count). The number of nitrogens with one attached hydrogen (secondary N) is 1. The molecule has 156 valence electrons. The summed E-state index contributed by atoms with van der Waals surface area (Å²) in [7, 11) is 0. The van der Waals surface area contributed by atoms with Crippen LogP contribution in [0.15, 0.2) is 24.3 Å². The number of hydrogen-bond donors (Lipinski definition) is 1. The molecular weight excluding hydrogens is 394 g/mol. The van der Waals surface area contributed by atoms with Crippen molar-refractivity contribution in [1.82, 2.24) is 10.2 Å². The van der Waals surface area contributed by atoms with E-state index in [4.69, 9.17) is 0 Å². The normalized spacial score (nSPS) is 16.2. The number of piperidine rings is 1. The molecule has 0 saturated carbocycles. The fraction of sp³-hybridized carbons (Fsp3) is 0.529. The molecule has 1 heterocycles. The number of carbonyl (C=O) groups excluding carboxylic acids is 2. The summed E-state index contributed by atoms with van der Waals surface area (Å²) in [5.74, 6) is -0.352. The van der Waals surface area contributed by atoms with Crippen LogP contribution in [0.5, 0.6) is 0 Å². The van der Waals surface area contributed by atoms with Crippen molar-refractivity contribution in [2.45, 2.75) is 44.3 Å². The van der Waals surface area contributed by atoms with Crippen LogP contribution in [0.4, 0.5) is 31.1 Å². The van der Waals surface area contributed by atoms with E-state index in [9.17, 15) is 35.9 Å². The second-order valence-corrected chi connectivity index (χ2v) is 6.45. The van der Waals surface area contributed by atoms with Gasteiger partial charge in [-0.05, 0) is 31.9 Å². The van der Waals surface area contributed by atoms with Gasteiger partial charge in [0.25, 0.3) is 12.0 Å². The SMILES string of the molecule is Cc1ccc(C(=O)NC2CCN(C(=O)OC(C(F)(F)F)C(F)(F)F)CC2)cc1. The Morgan fingerprint density at radius 3 is 2.00 bits per heavy atom. The number of halogens is 6. The highest BCUT2D eigenvalue weighted by atomic mass is 19.4. The van der Waals surface area contributed by atoms with E-state index < -0.39 is 24.5 Å². The molecule has 2 amide bonds. The zero-order valence-electron chi connectivity index (χ0n) is 14.7. The molecule has 1 fully saturated rings.